The Hall–Kier alpha value is -5.68. The molecule has 56 heavy (non-hydrogen) atoms. The van der Waals surface area contributed by atoms with Crippen LogP contribution in [-0.2, 0) is 46.0 Å². The predicted molar refractivity (Wildman–Crippen MR) is 208 cm³/mol. The summed E-state index contributed by atoms with van der Waals surface area (Å²) in [4.78, 5) is 62.5. The summed E-state index contributed by atoms with van der Waals surface area (Å²) >= 11 is 0. The number of esters is 3. The fraction of sp³-hybridized carbons (Fsp3) is 0.452. The van der Waals surface area contributed by atoms with Gasteiger partial charge >= 0.3 is 24.0 Å². The Morgan fingerprint density at radius 3 is 1.89 bits per heavy atom. The minimum Gasteiger partial charge on any atom is -0.461 e. The first-order valence-electron chi connectivity index (χ1n) is 18.1. The number of anilines is 1. The molecule has 4 aromatic rings. The van der Waals surface area contributed by atoms with Gasteiger partial charge in [0.1, 0.15) is 18.1 Å². The van der Waals surface area contributed by atoms with Gasteiger partial charge in [-0.3, -0.25) is 19.2 Å². The van der Waals surface area contributed by atoms with Gasteiger partial charge in [-0.25, -0.2) is 4.98 Å². The number of aryl methyl sites for hydroxylation is 5. The van der Waals surface area contributed by atoms with Crippen LogP contribution in [0.5, 0.6) is 11.5 Å². The van der Waals surface area contributed by atoms with Crippen LogP contribution in [0.4, 0.5) is 10.2 Å². The van der Waals surface area contributed by atoms with E-state index in [2.05, 4.69) is 26.2 Å². The smallest absolute Gasteiger partial charge is 0.312 e. The lowest BCUT2D eigenvalue weighted by molar-refractivity contribution is -0.151. The van der Waals surface area contributed by atoms with E-state index in [9.17, 15) is 23.6 Å². The van der Waals surface area contributed by atoms with Gasteiger partial charge in [0.05, 0.1) is 12.7 Å². The molecule has 2 aromatic heterocycles. The van der Waals surface area contributed by atoms with Crippen LogP contribution in [0.15, 0.2) is 30.6 Å². The van der Waals surface area contributed by atoms with Crippen molar-refractivity contribution in [3.8, 4) is 23.8 Å². The van der Waals surface area contributed by atoms with Gasteiger partial charge in [-0.05, 0) is 62.1 Å². The van der Waals surface area contributed by atoms with Crippen LogP contribution in [0.25, 0.3) is 11.2 Å². The average molecular weight is 772 g/mol. The Kier molecular flexibility index (Phi) is 13.1. The quantitative estimate of drug-likeness (QED) is 0.0595. The van der Waals surface area contributed by atoms with Crippen LogP contribution < -0.4 is 14.8 Å². The lowest BCUT2D eigenvalue weighted by Crippen LogP contribution is -2.38. The third kappa shape index (κ3) is 10.1. The molecule has 0 spiro atoms. The first kappa shape index (κ1) is 43.1. The number of hydrogen-bond donors (Lipinski definition) is 1. The number of carbonyl (C=O) groups excluding carboxylic acids is 4. The number of methoxy groups -OCH3 is 1. The molecular weight excluding hydrogens is 721 g/mol. The maximum atomic E-state index is 14.9. The maximum Gasteiger partial charge on any atom is 0.312 e. The van der Waals surface area contributed by atoms with Crippen molar-refractivity contribution in [1.82, 2.24) is 19.5 Å². The second kappa shape index (κ2) is 17.0. The molecule has 2 aromatic carbocycles. The first-order chi connectivity index (χ1) is 26.1. The molecule has 0 saturated carbocycles. The Morgan fingerprint density at radius 2 is 1.39 bits per heavy atom. The monoisotopic (exact) mass is 771 g/mol. The zero-order valence-electron chi connectivity index (χ0n) is 33.9. The summed E-state index contributed by atoms with van der Waals surface area (Å²) in [5.74, 6) is 1.24. The maximum absolute atomic E-state index is 14.9. The SMILES string of the molecule is C#CC(CCn1cnc2c(NC(=O)CC(C)(C)c3c(C)cc(C)cc3OC(C)=O)nc(F)nc21)(COC(=O)CC(C)(C)c1c(C)cc(C)cc1OC(C)=O)OC. The summed E-state index contributed by atoms with van der Waals surface area (Å²) in [5, 5.41) is 2.68. The number of hydrogen-bond acceptors (Lipinski definition) is 11. The molecule has 1 unspecified atom stereocenters. The Bertz CT molecular complexity index is 2220. The average Bonchev–Trinajstić information content (AvgIpc) is 3.45. The van der Waals surface area contributed by atoms with E-state index in [1.807, 2.05) is 67.5 Å². The fourth-order valence-electron chi connectivity index (χ4n) is 7.30. The Labute approximate surface area is 326 Å². The third-order valence-corrected chi connectivity index (χ3v) is 9.51. The van der Waals surface area contributed by atoms with Gasteiger partial charge in [0, 0.05) is 62.3 Å². The topological polar surface area (TPSA) is 161 Å². The first-order valence-corrected chi connectivity index (χ1v) is 18.1. The number of nitrogens with one attached hydrogen (secondary N) is 1. The van der Waals surface area contributed by atoms with Crippen molar-refractivity contribution in [2.75, 3.05) is 19.0 Å². The van der Waals surface area contributed by atoms with Crippen molar-refractivity contribution >= 4 is 40.8 Å². The molecule has 13 nitrogen and oxygen atoms in total. The lowest BCUT2D eigenvalue weighted by Gasteiger charge is -2.30. The van der Waals surface area contributed by atoms with Crippen molar-refractivity contribution in [3.05, 3.63) is 70.1 Å². The number of terminal acetylenes is 1. The van der Waals surface area contributed by atoms with E-state index in [1.165, 1.54) is 31.9 Å². The van der Waals surface area contributed by atoms with E-state index in [1.54, 1.807) is 12.1 Å². The Morgan fingerprint density at radius 1 is 0.857 bits per heavy atom. The van der Waals surface area contributed by atoms with Crippen molar-refractivity contribution in [2.24, 2.45) is 0 Å². The van der Waals surface area contributed by atoms with E-state index >= 15 is 0 Å². The molecule has 4 rings (SSSR count). The van der Waals surface area contributed by atoms with Crippen LogP contribution in [0.3, 0.4) is 0 Å². The van der Waals surface area contributed by atoms with Crippen LogP contribution in [0, 0.1) is 46.1 Å². The summed E-state index contributed by atoms with van der Waals surface area (Å²) in [5.41, 5.74) is 2.20. The van der Waals surface area contributed by atoms with Crippen molar-refractivity contribution in [2.45, 2.75) is 111 Å². The minimum absolute atomic E-state index is 0.0540. The minimum atomic E-state index is -1.37. The lowest BCUT2D eigenvalue weighted by atomic mass is 9.78. The van der Waals surface area contributed by atoms with Crippen molar-refractivity contribution < 1.29 is 42.5 Å². The predicted octanol–water partition coefficient (Wildman–Crippen LogP) is 6.68. The van der Waals surface area contributed by atoms with E-state index < -0.39 is 46.3 Å². The standard InChI is InChI=1S/C42H50FN5O8/c1-13-42(53-12,22-54-33(52)21-41(10,11)35-27(5)17-25(3)19-31(35)56-29(7)50)14-15-48-23-44-36-37(46-39(43)47-38(36)48)45-32(51)20-40(8,9)34-26(4)16-24(2)18-30(34)55-28(6)49/h1,16-19,23H,14-15,20-22H2,2-12H3,(H,45,46,47,51). The molecular formula is C42H50FN5O8. The van der Waals surface area contributed by atoms with E-state index in [0.717, 1.165) is 22.3 Å². The molecule has 14 heteroatoms. The van der Waals surface area contributed by atoms with Gasteiger partial charge in [0.2, 0.25) is 5.91 Å². The normalized spacial score (nSPS) is 12.8. The highest BCUT2D eigenvalue weighted by Crippen LogP contribution is 2.40. The van der Waals surface area contributed by atoms with Crippen molar-refractivity contribution in [3.63, 3.8) is 0 Å². The van der Waals surface area contributed by atoms with Gasteiger partial charge in [-0.1, -0.05) is 45.7 Å². The number of fused-ring (bicyclic) bond motifs is 1. The molecule has 0 aliphatic carbocycles. The number of halogens is 1. The van der Waals surface area contributed by atoms with Crippen LogP contribution in [0.1, 0.15) is 94.2 Å². The summed E-state index contributed by atoms with van der Waals surface area (Å²) in [6.07, 6.45) is 6.24. The van der Waals surface area contributed by atoms with Gasteiger partial charge in [-0.15, -0.1) is 6.42 Å². The largest absolute Gasteiger partial charge is 0.461 e. The number of nitrogens with zero attached hydrogens (tertiary/aromatic N) is 4. The number of imidazole rings is 1. The number of ether oxygens (including phenoxy) is 4. The fourth-order valence-corrected chi connectivity index (χ4v) is 7.30. The molecule has 1 amide bonds. The molecule has 0 saturated heterocycles. The Balaban J connectivity index is 1.48. The van der Waals surface area contributed by atoms with E-state index in [4.69, 9.17) is 25.4 Å². The molecule has 1 atom stereocenters. The van der Waals surface area contributed by atoms with Crippen LogP contribution in [0.2, 0.25) is 0 Å². The molecule has 0 aliphatic heterocycles. The van der Waals surface area contributed by atoms with E-state index in [-0.39, 0.29) is 49.4 Å². The highest BCUT2D eigenvalue weighted by atomic mass is 19.1. The second-order valence-electron chi connectivity index (χ2n) is 15.5. The molecule has 298 valence electrons. The number of carbonyl (C=O) groups is 4. The zero-order chi connectivity index (χ0) is 41.7. The molecule has 2 heterocycles. The van der Waals surface area contributed by atoms with Gasteiger partial charge < -0.3 is 28.8 Å². The summed E-state index contributed by atoms with van der Waals surface area (Å²) in [7, 11) is 1.40. The molecule has 0 radical (unpaired) electrons. The zero-order valence-corrected chi connectivity index (χ0v) is 33.9. The third-order valence-electron chi connectivity index (χ3n) is 9.51. The molecule has 1 N–H and O–H groups in total. The van der Waals surface area contributed by atoms with Gasteiger partial charge in [-0.2, -0.15) is 14.4 Å². The number of rotatable bonds is 15. The summed E-state index contributed by atoms with van der Waals surface area (Å²) in [6, 6.07) is 7.41. The molecule has 0 aliphatic rings. The van der Waals surface area contributed by atoms with Gasteiger partial charge in [0.25, 0.3) is 0 Å². The molecule has 0 fully saturated rings. The van der Waals surface area contributed by atoms with E-state index in [0.29, 0.717) is 22.6 Å². The molecule has 0 bridgehead atoms. The number of benzene rings is 2. The van der Waals surface area contributed by atoms with Crippen molar-refractivity contribution in [1.29, 1.82) is 0 Å². The second-order valence-corrected chi connectivity index (χ2v) is 15.5. The van der Waals surface area contributed by atoms with Crippen LogP contribution >= 0.6 is 0 Å². The van der Waals surface area contributed by atoms with Gasteiger partial charge in [0.15, 0.2) is 22.6 Å². The van der Waals surface area contributed by atoms with Crippen LogP contribution in [-0.4, -0.2) is 62.7 Å². The highest BCUT2D eigenvalue weighted by Gasteiger charge is 2.35. The highest BCUT2D eigenvalue weighted by molar-refractivity contribution is 5.97. The number of amides is 1. The summed E-state index contributed by atoms with van der Waals surface area (Å²) in [6.45, 7) is 17.4. The summed E-state index contributed by atoms with van der Waals surface area (Å²) < 4.78 is 38.8. The number of aromatic nitrogens is 4.